The summed E-state index contributed by atoms with van der Waals surface area (Å²) < 4.78 is 38.5. The van der Waals surface area contributed by atoms with Crippen LogP contribution in [-0.4, -0.2) is 45.7 Å². The van der Waals surface area contributed by atoms with E-state index < -0.39 is 16.1 Å². The maximum atomic E-state index is 12.4. The summed E-state index contributed by atoms with van der Waals surface area (Å²) in [6, 6.07) is 6.35. The van der Waals surface area contributed by atoms with Crippen molar-refractivity contribution < 1.29 is 22.7 Å². The Kier molecular flexibility index (Phi) is 7.31. The van der Waals surface area contributed by atoms with Crippen LogP contribution >= 0.6 is 0 Å². The number of benzene rings is 1. The number of nitrogens with one attached hydrogen (secondary N) is 2. The molecule has 3 rings (SSSR count). The second kappa shape index (κ2) is 9.71. The molecule has 0 unspecified atom stereocenters. The number of amides is 1. The van der Waals surface area contributed by atoms with Crippen LogP contribution in [0.4, 0.5) is 0 Å². The number of ether oxygens (including phenoxy) is 2. The molecule has 156 valence electrons. The van der Waals surface area contributed by atoms with Crippen LogP contribution < -0.4 is 14.8 Å². The van der Waals surface area contributed by atoms with E-state index in [2.05, 4.69) is 10.0 Å². The second-order valence-corrected chi connectivity index (χ2v) is 9.33. The molecular weight excluding hydrogens is 380 g/mol. The van der Waals surface area contributed by atoms with Crippen molar-refractivity contribution in [2.75, 3.05) is 13.2 Å². The van der Waals surface area contributed by atoms with Crippen LogP contribution in [0.2, 0.25) is 0 Å². The summed E-state index contributed by atoms with van der Waals surface area (Å²) in [5, 5.41) is 3.04. The highest BCUT2D eigenvalue weighted by Crippen LogP contribution is 2.20. The molecule has 1 heterocycles. The fourth-order valence-electron chi connectivity index (χ4n) is 3.61. The molecule has 0 aromatic heterocycles. The summed E-state index contributed by atoms with van der Waals surface area (Å²) >= 11 is 0. The Bertz CT molecular complexity index is 738. The van der Waals surface area contributed by atoms with Crippen LogP contribution in [0.15, 0.2) is 29.2 Å². The number of sulfonamides is 1. The highest BCUT2D eigenvalue weighted by atomic mass is 32.2. The van der Waals surface area contributed by atoms with Crippen molar-refractivity contribution in [3.05, 3.63) is 24.3 Å². The monoisotopic (exact) mass is 410 g/mol. The molecule has 1 aromatic carbocycles. The van der Waals surface area contributed by atoms with E-state index in [4.69, 9.17) is 9.47 Å². The van der Waals surface area contributed by atoms with Gasteiger partial charge in [0.1, 0.15) is 5.75 Å². The van der Waals surface area contributed by atoms with Gasteiger partial charge in [0.15, 0.2) is 6.10 Å². The normalized spacial score (nSPS) is 22.0. The lowest BCUT2D eigenvalue weighted by Gasteiger charge is -2.24. The molecule has 2 N–H and O–H groups in total. The molecule has 0 spiro atoms. The van der Waals surface area contributed by atoms with Gasteiger partial charge in [-0.15, -0.1) is 0 Å². The summed E-state index contributed by atoms with van der Waals surface area (Å²) in [7, 11) is -3.59. The van der Waals surface area contributed by atoms with Crippen LogP contribution in [0.5, 0.6) is 5.75 Å². The molecule has 8 heteroatoms. The van der Waals surface area contributed by atoms with Crippen LogP contribution in [0, 0.1) is 0 Å². The van der Waals surface area contributed by atoms with E-state index in [-0.39, 0.29) is 29.5 Å². The average molecular weight is 411 g/mol. The van der Waals surface area contributed by atoms with Gasteiger partial charge in [-0.1, -0.05) is 19.3 Å². The van der Waals surface area contributed by atoms with E-state index >= 15 is 0 Å². The smallest absolute Gasteiger partial charge is 0.260 e. The zero-order valence-electron chi connectivity index (χ0n) is 16.4. The molecule has 0 bridgehead atoms. The zero-order valence-corrected chi connectivity index (χ0v) is 17.2. The van der Waals surface area contributed by atoms with E-state index in [1.807, 2.05) is 0 Å². The Balaban J connectivity index is 1.50. The Morgan fingerprint density at radius 1 is 1.14 bits per heavy atom. The minimum atomic E-state index is -3.59. The predicted molar refractivity (Wildman–Crippen MR) is 106 cm³/mol. The first kappa shape index (κ1) is 21.1. The first-order chi connectivity index (χ1) is 13.4. The Labute approximate surface area is 167 Å². The van der Waals surface area contributed by atoms with E-state index in [1.165, 1.54) is 18.6 Å². The van der Waals surface area contributed by atoms with Crippen LogP contribution in [-0.2, 0) is 19.6 Å². The van der Waals surface area contributed by atoms with Gasteiger partial charge in [0, 0.05) is 19.2 Å². The molecule has 1 saturated heterocycles. The maximum Gasteiger partial charge on any atom is 0.260 e. The summed E-state index contributed by atoms with van der Waals surface area (Å²) in [4.78, 5) is 12.5. The molecule has 1 aromatic rings. The van der Waals surface area contributed by atoms with Gasteiger partial charge in [0.05, 0.1) is 11.0 Å². The first-order valence-corrected chi connectivity index (χ1v) is 11.6. The van der Waals surface area contributed by atoms with Crippen LogP contribution in [0.3, 0.4) is 0 Å². The molecule has 0 radical (unpaired) electrons. The van der Waals surface area contributed by atoms with Gasteiger partial charge in [-0.05, 0) is 56.9 Å². The van der Waals surface area contributed by atoms with Gasteiger partial charge in [-0.25, -0.2) is 13.1 Å². The lowest BCUT2D eigenvalue weighted by Crippen LogP contribution is -2.43. The van der Waals surface area contributed by atoms with Gasteiger partial charge in [-0.2, -0.15) is 0 Å². The quantitative estimate of drug-likeness (QED) is 0.686. The predicted octanol–water partition coefficient (Wildman–Crippen LogP) is 2.36. The zero-order chi connectivity index (χ0) is 20.0. The van der Waals surface area contributed by atoms with Crippen molar-refractivity contribution in [2.45, 2.75) is 75.0 Å². The molecule has 1 saturated carbocycles. The van der Waals surface area contributed by atoms with Crippen molar-refractivity contribution in [3.8, 4) is 5.75 Å². The Hall–Kier alpha value is -1.64. The van der Waals surface area contributed by atoms with Crippen molar-refractivity contribution >= 4 is 15.9 Å². The number of carbonyl (C=O) groups is 1. The van der Waals surface area contributed by atoms with Gasteiger partial charge in [-0.3, -0.25) is 4.79 Å². The SMILES string of the molecule is C[C@@H](Oc1ccc(S(=O)(=O)NC[C@@H]2CCCO2)cc1)C(=O)NC1CCCCC1. The first-order valence-electron chi connectivity index (χ1n) is 10.1. The summed E-state index contributed by atoms with van der Waals surface area (Å²) in [6.07, 6.45) is 6.71. The number of rotatable bonds is 8. The number of hydrogen-bond donors (Lipinski definition) is 2. The summed E-state index contributed by atoms with van der Waals surface area (Å²) in [6.45, 7) is 2.66. The van der Waals surface area contributed by atoms with Crippen LogP contribution in [0.25, 0.3) is 0 Å². The Morgan fingerprint density at radius 3 is 2.50 bits per heavy atom. The molecule has 1 aliphatic carbocycles. The molecule has 28 heavy (non-hydrogen) atoms. The molecule has 7 nitrogen and oxygen atoms in total. The highest BCUT2D eigenvalue weighted by molar-refractivity contribution is 7.89. The highest BCUT2D eigenvalue weighted by Gasteiger charge is 2.22. The van der Waals surface area contributed by atoms with Crippen molar-refractivity contribution in [1.29, 1.82) is 0 Å². The number of hydrogen-bond acceptors (Lipinski definition) is 5. The fourth-order valence-corrected chi connectivity index (χ4v) is 4.68. The largest absolute Gasteiger partial charge is 0.481 e. The number of carbonyl (C=O) groups excluding carboxylic acids is 1. The third kappa shape index (κ3) is 5.93. The standard InChI is InChI=1S/C20H30N2O5S/c1-15(20(23)22-16-6-3-2-4-7-16)27-17-9-11-19(12-10-17)28(24,25)21-14-18-8-5-13-26-18/h9-12,15-16,18,21H,2-8,13-14H2,1H3,(H,22,23)/t15-,18+/m1/s1. The van der Waals surface area contributed by atoms with Crippen molar-refractivity contribution in [3.63, 3.8) is 0 Å². The lowest BCUT2D eigenvalue weighted by molar-refractivity contribution is -0.128. The third-order valence-corrected chi connectivity index (χ3v) is 6.73. The van der Waals surface area contributed by atoms with Crippen molar-refractivity contribution in [2.24, 2.45) is 0 Å². The van der Waals surface area contributed by atoms with Gasteiger partial charge in [0.2, 0.25) is 10.0 Å². The third-order valence-electron chi connectivity index (χ3n) is 5.29. The van der Waals surface area contributed by atoms with E-state index in [9.17, 15) is 13.2 Å². The van der Waals surface area contributed by atoms with E-state index in [0.29, 0.717) is 12.4 Å². The second-order valence-electron chi connectivity index (χ2n) is 7.56. The average Bonchev–Trinajstić information content (AvgIpc) is 3.21. The maximum absolute atomic E-state index is 12.4. The molecule has 2 atom stereocenters. The minimum absolute atomic E-state index is 0.0547. The summed E-state index contributed by atoms with van der Waals surface area (Å²) in [5.41, 5.74) is 0. The Morgan fingerprint density at radius 2 is 1.86 bits per heavy atom. The van der Waals surface area contributed by atoms with Crippen molar-refractivity contribution in [1.82, 2.24) is 10.0 Å². The molecular formula is C20H30N2O5S. The summed E-state index contributed by atoms with van der Waals surface area (Å²) in [5.74, 6) is 0.325. The van der Waals surface area contributed by atoms with Gasteiger partial charge < -0.3 is 14.8 Å². The topological polar surface area (TPSA) is 93.7 Å². The lowest BCUT2D eigenvalue weighted by atomic mass is 9.95. The minimum Gasteiger partial charge on any atom is -0.481 e. The molecule has 2 aliphatic rings. The van der Waals surface area contributed by atoms with Gasteiger partial charge in [0.25, 0.3) is 5.91 Å². The van der Waals surface area contributed by atoms with Crippen LogP contribution in [0.1, 0.15) is 51.9 Å². The molecule has 2 fully saturated rings. The fraction of sp³-hybridized carbons (Fsp3) is 0.650. The molecule has 1 aliphatic heterocycles. The molecule has 1 amide bonds. The van der Waals surface area contributed by atoms with Gasteiger partial charge >= 0.3 is 0 Å². The van der Waals surface area contributed by atoms with E-state index in [1.54, 1.807) is 19.1 Å². The van der Waals surface area contributed by atoms with E-state index in [0.717, 1.165) is 38.5 Å².